The molecule has 2 aliphatic rings. The van der Waals surface area contributed by atoms with Crippen molar-refractivity contribution in [3.63, 3.8) is 0 Å². The number of aromatic nitrogens is 1. The van der Waals surface area contributed by atoms with E-state index >= 15 is 0 Å². The van der Waals surface area contributed by atoms with Crippen LogP contribution in [0.25, 0.3) is 0 Å². The molecule has 0 radical (unpaired) electrons. The molecule has 0 fully saturated rings. The molecule has 5 heteroatoms. The third-order valence-electron chi connectivity index (χ3n) is 3.89. The molecule has 0 spiro atoms. The number of hydrogen-bond donors (Lipinski definition) is 0. The zero-order valence-electron chi connectivity index (χ0n) is 10.4. The summed E-state index contributed by atoms with van der Waals surface area (Å²) >= 11 is 2.98. The molecule has 1 aromatic carbocycles. The first-order valence-electron chi connectivity index (χ1n) is 6.20. The normalized spacial score (nSPS) is 27.9. The summed E-state index contributed by atoms with van der Waals surface area (Å²) in [5.41, 5.74) is 1.24. The second-order valence-corrected chi connectivity index (χ2v) is 7.31. The van der Waals surface area contributed by atoms with Gasteiger partial charge in [-0.05, 0) is 6.07 Å². The molecule has 0 saturated heterocycles. The Balaban J connectivity index is 1.95. The predicted molar refractivity (Wildman–Crippen MR) is 74.2 cm³/mol. The number of hydrogen-bond acceptors (Lipinski definition) is 5. The number of ether oxygens (including phenoxy) is 1. The Labute approximate surface area is 119 Å². The first kappa shape index (κ1) is 11.6. The zero-order chi connectivity index (χ0) is 13.0. The van der Waals surface area contributed by atoms with Crippen molar-refractivity contribution >= 4 is 23.1 Å². The van der Waals surface area contributed by atoms with E-state index in [1.165, 1.54) is 16.9 Å². The van der Waals surface area contributed by atoms with Crippen LogP contribution in [0.2, 0.25) is 0 Å². The highest BCUT2D eigenvalue weighted by atomic mass is 32.2. The Kier molecular flexibility index (Phi) is 2.38. The van der Waals surface area contributed by atoms with Gasteiger partial charge in [0.1, 0.15) is 10.8 Å². The summed E-state index contributed by atoms with van der Waals surface area (Å²) in [5.74, 6) is 2.14. The molecule has 98 valence electrons. The monoisotopic (exact) mass is 290 g/mol. The number of thiazole rings is 1. The average molecular weight is 290 g/mol. The lowest BCUT2D eigenvalue weighted by Gasteiger charge is -2.44. The summed E-state index contributed by atoms with van der Waals surface area (Å²) in [5, 5.41) is 12.5. The Hall–Kier alpha value is -1.20. The van der Waals surface area contributed by atoms with Crippen molar-refractivity contribution in [3.8, 4) is 10.9 Å². The molecular formula is C14H12NO2S2-. The van der Waals surface area contributed by atoms with E-state index in [2.05, 4.69) is 18.0 Å². The molecule has 1 aromatic heterocycles. The van der Waals surface area contributed by atoms with Crippen molar-refractivity contribution in [2.24, 2.45) is 5.41 Å². The summed E-state index contributed by atoms with van der Waals surface area (Å²) in [7, 11) is 0. The lowest BCUT2D eigenvalue weighted by molar-refractivity contribution is -0.268. The molecule has 0 N–H and O–H groups in total. The fourth-order valence-electron chi connectivity index (χ4n) is 2.95. The Morgan fingerprint density at radius 1 is 1.42 bits per heavy atom. The molecule has 3 heterocycles. The van der Waals surface area contributed by atoms with Gasteiger partial charge in [-0.3, -0.25) is 0 Å². The molecule has 2 aliphatic heterocycles. The van der Waals surface area contributed by atoms with E-state index in [0.29, 0.717) is 6.61 Å². The van der Waals surface area contributed by atoms with Crippen molar-refractivity contribution in [2.45, 2.75) is 17.9 Å². The van der Waals surface area contributed by atoms with Gasteiger partial charge in [0.25, 0.3) is 0 Å². The maximum Gasteiger partial charge on any atom is 0.123 e. The van der Waals surface area contributed by atoms with Gasteiger partial charge in [0.15, 0.2) is 0 Å². The van der Waals surface area contributed by atoms with Crippen LogP contribution in [0.5, 0.6) is 10.9 Å². The molecular weight excluding hydrogens is 278 g/mol. The molecule has 19 heavy (non-hydrogen) atoms. The molecule has 2 atom stereocenters. The minimum atomic E-state index is -0.0780. The molecule has 0 amide bonds. The third-order valence-corrected chi connectivity index (χ3v) is 6.32. The van der Waals surface area contributed by atoms with Crippen molar-refractivity contribution in [3.05, 3.63) is 34.7 Å². The van der Waals surface area contributed by atoms with Gasteiger partial charge in [0, 0.05) is 32.7 Å². The summed E-state index contributed by atoms with van der Waals surface area (Å²) in [6, 6.07) is 8.15. The highest BCUT2D eigenvalue weighted by molar-refractivity contribution is 7.99. The van der Waals surface area contributed by atoms with Crippen LogP contribution in [0.3, 0.4) is 0 Å². The third kappa shape index (κ3) is 1.61. The van der Waals surface area contributed by atoms with Crippen LogP contribution in [0.1, 0.15) is 23.3 Å². The number of fused-ring (bicyclic) bond motifs is 5. The maximum absolute atomic E-state index is 11.6. The molecule has 4 rings (SSSR count). The number of thioether (sulfide) groups is 1. The van der Waals surface area contributed by atoms with Crippen molar-refractivity contribution in [1.29, 1.82) is 0 Å². The van der Waals surface area contributed by atoms with Crippen LogP contribution in [0, 0.1) is 5.41 Å². The van der Waals surface area contributed by atoms with Crippen molar-refractivity contribution < 1.29 is 9.84 Å². The summed E-state index contributed by atoms with van der Waals surface area (Å²) in [6.07, 6.45) is 0. The Bertz CT molecular complexity index is 655. The van der Waals surface area contributed by atoms with Crippen LogP contribution in [-0.4, -0.2) is 17.3 Å². The quantitative estimate of drug-likeness (QED) is 0.748. The van der Waals surface area contributed by atoms with Crippen LogP contribution >= 0.6 is 23.1 Å². The number of rotatable bonds is 0. The SMILES string of the molecule is C[C@@]12COc3ccccc3[C@H]1c1sc([O-])nc1SC2. The van der Waals surface area contributed by atoms with Crippen molar-refractivity contribution in [2.75, 3.05) is 12.4 Å². The van der Waals surface area contributed by atoms with Gasteiger partial charge in [0.2, 0.25) is 0 Å². The number of nitrogens with zero attached hydrogens (tertiary/aromatic N) is 1. The van der Waals surface area contributed by atoms with E-state index < -0.39 is 0 Å². The second kappa shape index (κ2) is 3.90. The maximum atomic E-state index is 11.6. The van der Waals surface area contributed by atoms with Gasteiger partial charge in [0.05, 0.1) is 6.61 Å². The minimum absolute atomic E-state index is 0.0466. The lowest BCUT2D eigenvalue weighted by Crippen LogP contribution is -2.40. The summed E-state index contributed by atoms with van der Waals surface area (Å²) in [4.78, 5) is 5.26. The zero-order valence-corrected chi connectivity index (χ0v) is 12.0. The van der Waals surface area contributed by atoms with E-state index in [9.17, 15) is 5.11 Å². The minimum Gasteiger partial charge on any atom is -0.851 e. The van der Waals surface area contributed by atoms with E-state index in [-0.39, 0.29) is 16.5 Å². The van der Waals surface area contributed by atoms with E-state index in [1.54, 1.807) is 11.8 Å². The highest BCUT2D eigenvalue weighted by Gasteiger charge is 2.46. The fraction of sp³-hybridized carbons (Fsp3) is 0.357. The van der Waals surface area contributed by atoms with Crippen LogP contribution < -0.4 is 9.84 Å². The van der Waals surface area contributed by atoms with Gasteiger partial charge in [-0.1, -0.05) is 25.1 Å². The average Bonchev–Trinajstić information content (AvgIpc) is 2.78. The van der Waals surface area contributed by atoms with Gasteiger partial charge < -0.3 is 9.84 Å². The predicted octanol–water partition coefficient (Wildman–Crippen LogP) is 2.85. The van der Waals surface area contributed by atoms with Gasteiger partial charge in [-0.25, -0.2) is 4.98 Å². The molecule has 0 saturated carbocycles. The molecule has 0 bridgehead atoms. The summed E-state index contributed by atoms with van der Waals surface area (Å²) in [6.45, 7) is 2.95. The smallest absolute Gasteiger partial charge is 0.123 e. The Morgan fingerprint density at radius 2 is 2.26 bits per heavy atom. The fourth-order valence-corrected chi connectivity index (χ4v) is 5.42. The van der Waals surface area contributed by atoms with E-state index in [4.69, 9.17) is 4.74 Å². The van der Waals surface area contributed by atoms with Crippen LogP contribution in [0.15, 0.2) is 29.3 Å². The number of para-hydroxylation sites is 1. The largest absolute Gasteiger partial charge is 0.851 e. The van der Waals surface area contributed by atoms with Gasteiger partial charge >= 0.3 is 0 Å². The highest BCUT2D eigenvalue weighted by Crippen LogP contribution is 2.57. The number of benzene rings is 1. The first-order valence-corrected chi connectivity index (χ1v) is 8.00. The van der Waals surface area contributed by atoms with Crippen LogP contribution in [0.4, 0.5) is 0 Å². The van der Waals surface area contributed by atoms with Crippen molar-refractivity contribution in [1.82, 2.24) is 4.98 Å². The molecule has 0 unspecified atom stereocenters. The van der Waals surface area contributed by atoms with Crippen LogP contribution in [-0.2, 0) is 0 Å². The summed E-state index contributed by atoms with van der Waals surface area (Å²) < 4.78 is 5.91. The second-order valence-electron chi connectivity index (χ2n) is 5.35. The molecule has 3 nitrogen and oxygen atoms in total. The van der Waals surface area contributed by atoms with E-state index in [0.717, 1.165) is 21.4 Å². The molecule has 2 aromatic rings. The van der Waals surface area contributed by atoms with Gasteiger partial charge in [-0.15, -0.1) is 23.1 Å². The lowest BCUT2D eigenvalue weighted by atomic mass is 9.72. The van der Waals surface area contributed by atoms with Gasteiger partial charge in [-0.2, -0.15) is 0 Å². The Morgan fingerprint density at radius 3 is 3.16 bits per heavy atom. The first-order chi connectivity index (χ1) is 9.17. The molecule has 0 aliphatic carbocycles. The van der Waals surface area contributed by atoms with E-state index in [1.807, 2.05) is 18.2 Å². The topological polar surface area (TPSA) is 45.2 Å². The standard InChI is InChI=1S/C14H13NO2S2/c1-14-6-17-9-5-3-2-4-8(9)10(14)11-12(18-7-14)15-13(16)19-11/h2-5,10H,6-7H2,1H3,(H,15,16)/p-1/t10-,14-/m0/s1.